The number of aromatic nitrogens is 1. The first-order valence-corrected chi connectivity index (χ1v) is 5.32. The molecule has 4 heteroatoms. The van der Waals surface area contributed by atoms with Gasteiger partial charge in [-0.05, 0) is 17.5 Å². The van der Waals surface area contributed by atoms with Crippen LogP contribution in [0, 0.1) is 11.3 Å². The largest absolute Gasteiger partial charge is 0.383 e. The van der Waals surface area contributed by atoms with Gasteiger partial charge in [-0.25, -0.2) is 4.98 Å². The highest BCUT2D eigenvalue weighted by Gasteiger charge is 2.08. The van der Waals surface area contributed by atoms with E-state index in [0.29, 0.717) is 18.1 Å². The zero-order chi connectivity index (χ0) is 12.0. The minimum absolute atomic E-state index is 0.339. The molecule has 0 fully saturated rings. The van der Waals surface area contributed by atoms with Gasteiger partial charge in [-0.1, -0.05) is 13.8 Å². The second-order valence-electron chi connectivity index (χ2n) is 3.85. The third-order valence-corrected chi connectivity index (χ3v) is 2.27. The maximum absolute atomic E-state index is 8.82. The van der Waals surface area contributed by atoms with Gasteiger partial charge in [0.15, 0.2) is 0 Å². The van der Waals surface area contributed by atoms with Gasteiger partial charge in [0.25, 0.3) is 0 Å². The van der Waals surface area contributed by atoms with Crippen LogP contribution in [0.25, 0.3) is 0 Å². The highest BCUT2D eigenvalue weighted by molar-refractivity contribution is 5.49. The normalized spacial score (nSPS) is 10.2. The molecule has 0 saturated heterocycles. The van der Waals surface area contributed by atoms with Gasteiger partial charge in [0.05, 0.1) is 12.2 Å². The van der Waals surface area contributed by atoms with Crippen LogP contribution in [0.5, 0.6) is 0 Å². The highest BCUT2D eigenvalue weighted by Crippen LogP contribution is 2.22. The average molecular weight is 219 g/mol. The second-order valence-corrected chi connectivity index (χ2v) is 3.85. The molecule has 0 radical (unpaired) electrons. The van der Waals surface area contributed by atoms with Gasteiger partial charge in [-0.2, -0.15) is 5.26 Å². The van der Waals surface area contributed by atoms with Gasteiger partial charge in [0.1, 0.15) is 11.9 Å². The van der Waals surface area contributed by atoms with Crippen LogP contribution in [0.4, 0.5) is 5.82 Å². The number of methoxy groups -OCH3 is 1. The van der Waals surface area contributed by atoms with Crippen molar-refractivity contribution in [3.05, 3.63) is 23.4 Å². The average Bonchev–Trinajstić information content (AvgIpc) is 2.29. The Balaban J connectivity index is 2.86. The monoisotopic (exact) mass is 219 g/mol. The van der Waals surface area contributed by atoms with E-state index in [1.54, 1.807) is 13.3 Å². The van der Waals surface area contributed by atoms with Crippen LogP contribution in [0.1, 0.15) is 30.9 Å². The predicted octanol–water partition coefficient (Wildman–Crippen LogP) is 2.13. The van der Waals surface area contributed by atoms with Crippen molar-refractivity contribution < 1.29 is 4.74 Å². The summed E-state index contributed by atoms with van der Waals surface area (Å²) in [5.74, 6) is 1.18. The minimum Gasteiger partial charge on any atom is -0.383 e. The molecule has 0 aliphatic heterocycles. The van der Waals surface area contributed by atoms with Crippen molar-refractivity contribution in [3.8, 4) is 6.07 Å². The van der Waals surface area contributed by atoms with Crippen LogP contribution in [-0.4, -0.2) is 25.2 Å². The van der Waals surface area contributed by atoms with Crippen molar-refractivity contribution in [2.75, 3.05) is 25.6 Å². The lowest BCUT2D eigenvalue weighted by Crippen LogP contribution is -2.11. The smallest absolute Gasteiger partial charge is 0.129 e. The van der Waals surface area contributed by atoms with Crippen molar-refractivity contribution >= 4 is 5.82 Å². The van der Waals surface area contributed by atoms with E-state index in [2.05, 4.69) is 30.2 Å². The summed E-state index contributed by atoms with van der Waals surface area (Å²) in [7, 11) is 1.66. The molecule has 0 aromatic carbocycles. The fraction of sp³-hybridized carbons (Fsp3) is 0.500. The van der Waals surface area contributed by atoms with Crippen molar-refractivity contribution in [2.45, 2.75) is 19.8 Å². The molecule has 1 heterocycles. The zero-order valence-corrected chi connectivity index (χ0v) is 9.95. The fourth-order valence-electron chi connectivity index (χ4n) is 1.40. The maximum Gasteiger partial charge on any atom is 0.129 e. The quantitative estimate of drug-likeness (QED) is 0.771. The molecule has 0 spiro atoms. The first kappa shape index (κ1) is 12.5. The molecule has 1 N–H and O–H groups in total. The predicted molar refractivity (Wildman–Crippen MR) is 63.4 cm³/mol. The van der Waals surface area contributed by atoms with Crippen molar-refractivity contribution in [3.63, 3.8) is 0 Å². The van der Waals surface area contributed by atoms with Gasteiger partial charge >= 0.3 is 0 Å². The number of anilines is 1. The van der Waals surface area contributed by atoms with Crippen LogP contribution >= 0.6 is 0 Å². The molecule has 4 nitrogen and oxygen atoms in total. The molecule has 0 saturated carbocycles. The Morgan fingerprint density at radius 1 is 1.56 bits per heavy atom. The summed E-state index contributed by atoms with van der Waals surface area (Å²) in [5, 5.41) is 12.0. The summed E-state index contributed by atoms with van der Waals surface area (Å²) in [6, 6.07) is 3.98. The molecule has 0 aliphatic carbocycles. The molecule has 1 rings (SSSR count). The molecule has 0 atom stereocenters. The maximum atomic E-state index is 8.82. The second kappa shape index (κ2) is 6.09. The Labute approximate surface area is 96.3 Å². The number of ether oxygens (including phenoxy) is 1. The van der Waals surface area contributed by atoms with Crippen molar-refractivity contribution in [1.29, 1.82) is 5.26 Å². The van der Waals surface area contributed by atoms with E-state index in [4.69, 9.17) is 10.00 Å². The number of hydrogen-bond acceptors (Lipinski definition) is 4. The summed E-state index contributed by atoms with van der Waals surface area (Å²) in [5.41, 5.74) is 1.66. The first-order chi connectivity index (χ1) is 7.69. The molecule has 86 valence electrons. The molecular formula is C12H17N3O. The Bertz CT molecular complexity index is 382. The molecule has 0 bridgehead atoms. The molecule has 1 aromatic heterocycles. The van der Waals surface area contributed by atoms with E-state index in [-0.39, 0.29) is 0 Å². The number of nitriles is 1. The van der Waals surface area contributed by atoms with Crippen molar-refractivity contribution in [1.82, 2.24) is 4.98 Å². The van der Waals surface area contributed by atoms with E-state index < -0.39 is 0 Å². The highest BCUT2D eigenvalue weighted by atomic mass is 16.5. The van der Waals surface area contributed by atoms with Crippen LogP contribution < -0.4 is 5.32 Å². The molecule has 16 heavy (non-hydrogen) atoms. The van der Waals surface area contributed by atoms with E-state index in [0.717, 1.165) is 17.9 Å². The lowest BCUT2D eigenvalue weighted by atomic mass is 10.0. The standard InChI is InChI=1S/C12H17N3O/c1-9(2)11-6-10(7-13)8-15-12(11)14-4-5-16-3/h6,8-9H,4-5H2,1-3H3,(H,14,15). The van der Waals surface area contributed by atoms with Gasteiger partial charge in [-0.15, -0.1) is 0 Å². The Morgan fingerprint density at radius 2 is 2.31 bits per heavy atom. The lowest BCUT2D eigenvalue weighted by Gasteiger charge is -2.13. The topological polar surface area (TPSA) is 57.9 Å². The van der Waals surface area contributed by atoms with Gasteiger partial charge < -0.3 is 10.1 Å². The first-order valence-electron chi connectivity index (χ1n) is 5.32. The number of nitrogens with zero attached hydrogens (tertiary/aromatic N) is 2. The lowest BCUT2D eigenvalue weighted by molar-refractivity contribution is 0.210. The van der Waals surface area contributed by atoms with E-state index in [1.807, 2.05) is 6.07 Å². The fourth-order valence-corrected chi connectivity index (χ4v) is 1.40. The molecule has 0 aliphatic rings. The number of pyridine rings is 1. The molecular weight excluding hydrogens is 202 g/mol. The van der Waals surface area contributed by atoms with Crippen molar-refractivity contribution in [2.24, 2.45) is 0 Å². The SMILES string of the molecule is COCCNc1ncc(C#N)cc1C(C)C. The summed E-state index contributed by atoms with van der Waals surface area (Å²) >= 11 is 0. The summed E-state index contributed by atoms with van der Waals surface area (Å²) < 4.78 is 4.97. The minimum atomic E-state index is 0.339. The van der Waals surface area contributed by atoms with Crippen LogP contribution in [0.2, 0.25) is 0 Å². The molecule has 1 aromatic rings. The number of rotatable bonds is 5. The molecule has 0 unspecified atom stereocenters. The molecule has 0 amide bonds. The van der Waals surface area contributed by atoms with Gasteiger partial charge in [0.2, 0.25) is 0 Å². The van der Waals surface area contributed by atoms with Gasteiger partial charge in [0, 0.05) is 19.9 Å². The number of nitrogens with one attached hydrogen (secondary N) is 1. The summed E-state index contributed by atoms with van der Waals surface area (Å²) in [6.45, 7) is 5.52. The van der Waals surface area contributed by atoms with Crippen LogP contribution in [0.15, 0.2) is 12.3 Å². The van der Waals surface area contributed by atoms with Gasteiger partial charge in [-0.3, -0.25) is 0 Å². The Hall–Kier alpha value is -1.60. The van der Waals surface area contributed by atoms with Crippen LogP contribution in [0.3, 0.4) is 0 Å². The zero-order valence-electron chi connectivity index (χ0n) is 9.95. The summed E-state index contributed by atoms with van der Waals surface area (Å²) in [6.07, 6.45) is 1.58. The van der Waals surface area contributed by atoms with Crippen LogP contribution in [-0.2, 0) is 4.74 Å². The Kier molecular flexibility index (Phi) is 4.74. The summed E-state index contributed by atoms with van der Waals surface area (Å²) in [4.78, 5) is 4.25. The van der Waals surface area contributed by atoms with E-state index in [9.17, 15) is 0 Å². The van der Waals surface area contributed by atoms with E-state index >= 15 is 0 Å². The third kappa shape index (κ3) is 3.21. The number of hydrogen-bond donors (Lipinski definition) is 1. The third-order valence-electron chi connectivity index (χ3n) is 2.27. The van der Waals surface area contributed by atoms with E-state index in [1.165, 1.54) is 0 Å². The Morgan fingerprint density at radius 3 is 2.88 bits per heavy atom.